The summed E-state index contributed by atoms with van der Waals surface area (Å²) in [6.45, 7) is -0.250. The van der Waals surface area contributed by atoms with E-state index in [-0.39, 0.29) is 33.8 Å². The maximum Gasteiger partial charge on any atom is 0.314 e. The molecule has 0 aromatic rings. The number of carboxylic acid groups (broad SMARTS) is 3. The molecule has 0 aromatic carbocycles. The Bertz CT molecular complexity index is 121. The van der Waals surface area contributed by atoms with Crippen LogP contribution in [0.2, 0.25) is 0 Å². The Balaban J connectivity index is -0.000000140. The van der Waals surface area contributed by atoms with Crippen molar-refractivity contribution in [3.63, 3.8) is 0 Å². The van der Waals surface area contributed by atoms with Crippen molar-refractivity contribution in [2.45, 2.75) is 6.42 Å². The van der Waals surface area contributed by atoms with Gasteiger partial charge in [0.2, 0.25) is 0 Å². The van der Waals surface area contributed by atoms with Crippen LogP contribution in [0.4, 0.5) is 0 Å². The standard InChI is InChI=1S/C3H4O4.CH2O2.Tl/c4-2(5)1-3(6)7;2-1-3;/h1H2,(H,4,5)(H,6,7);1H,(H,2,3);. The minimum absolute atomic E-state index is 0. The largest absolute Gasteiger partial charge is 0.483 e. The number of hydrogen-bond acceptors (Lipinski definition) is 3. The van der Waals surface area contributed by atoms with Gasteiger partial charge >= 0.3 is 11.9 Å². The molecule has 0 spiro atoms. The molecule has 0 aliphatic rings. The molecule has 0 fully saturated rings. The van der Waals surface area contributed by atoms with Gasteiger partial charge in [-0.25, -0.2) is 0 Å². The van der Waals surface area contributed by atoms with Gasteiger partial charge in [0, 0.05) is 27.3 Å². The molecule has 0 atom stereocenters. The van der Waals surface area contributed by atoms with Crippen molar-refractivity contribution in [3.8, 4) is 0 Å². The van der Waals surface area contributed by atoms with E-state index >= 15 is 0 Å². The molecule has 0 rings (SSSR count). The van der Waals surface area contributed by atoms with Gasteiger partial charge in [-0.15, -0.1) is 0 Å². The Kier molecular flexibility index (Phi) is 18.3. The Labute approximate surface area is 82.0 Å². The summed E-state index contributed by atoms with van der Waals surface area (Å²) in [6, 6.07) is 0. The molecule has 11 heavy (non-hydrogen) atoms. The third-order valence-electron chi connectivity index (χ3n) is 0.302. The van der Waals surface area contributed by atoms with Crippen molar-refractivity contribution in [1.29, 1.82) is 0 Å². The molecule has 0 aliphatic heterocycles. The fourth-order valence-corrected chi connectivity index (χ4v) is 0.129. The van der Waals surface area contributed by atoms with Crippen LogP contribution in [-0.4, -0.2) is 61.0 Å². The van der Waals surface area contributed by atoms with Crippen LogP contribution in [0.1, 0.15) is 6.42 Å². The Morgan fingerprint density at radius 1 is 1.18 bits per heavy atom. The molecule has 7 heteroatoms. The summed E-state index contributed by atoms with van der Waals surface area (Å²) in [5.74, 6) is -2.62. The molecule has 0 saturated heterocycles. The van der Waals surface area contributed by atoms with Crippen molar-refractivity contribution in [2.24, 2.45) is 0 Å². The zero-order chi connectivity index (χ0) is 8.57. The summed E-state index contributed by atoms with van der Waals surface area (Å²) >= 11 is 0. The van der Waals surface area contributed by atoms with Gasteiger partial charge in [0.15, 0.2) is 0 Å². The molecule has 3 N–H and O–H groups in total. The maximum absolute atomic E-state index is 9.43. The van der Waals surface area contributed by atoms with E-state index in [9.17, 15) is 9.59 Å². The van der Waals surface area contributed by atoms with Gasteiger partial charge in [-0.05, 0) is 0 Å². The normalized spacial score (nSPS) is 6.18. The zero-order valence-corrected chi connectivity index (χ0v) is 9.92. The van der Waals surface area contributed by atoms with Gasteiger partial charge in [0.05, 0.1) is 0 Å². The number of aliphatic carboxylic acids is 2. The molecular weight excluding hydrogens is 348 g/mol. The van der Waals surface area contributed by atoms with Crippen molar-refractivity contribution in [2.75, 3.05) is 0 Å². The predicted octanol–water partition coefficient (Wildman–Crippen LogP) is -1.13. The summed E-state index contributed by atoms with van der Waals surface area (Å²) in [5.41, 5.74) is 0. The van der Waals surface area contributed by atoms with E-state index in [1.54, 1.807) is 0 Å². The average Bonchev–Trinajstić information content (AvgIpc) is 1.62. The number of carbonyl (C=O) groups is 3. The van der Waals surface area contributed by atoms with Crippen molar-refractivity contribution in [1.82, 2.24) is 0 Å². The number of hydrogen-bond donors (Lipinski definition) is 3. The van der Waals surface area contributed by atoms with Gasteiger partial charge in [0.1, 0.15) is 6.42 Å². The third kappa shape index (κ3) is 45.2. The van der Waals surface area contributed by atoms with E-state index in [0.717, 1.165) is 0 Å². The topological polar surface area (TPSA) is 112 Å². The second-order valence-corrected chi connectivity index (χ2v) is 1.07. The van der Waals surface area contributed by atoms with Gasteiger partial charge in [-0.1, -0.05) is 0 Å². The van der Waals surface area contributed by atoms with E-state index in [4.69, 9.17) is 20.1 Å². The molecule has 61 valence electrons. The van der Waals surface area contributed by atoms with Gasteiger partial charge < -0.3 is 15.3 Å². The zero-order valence-electron chi connectivity index (χ0n) is 5.43. The van der Waals surface area contributed by atoms with Gasteiger partial charge in [-0.3, -0.25) is 14.4 Å². The predicted molar refractivity (Wildman–Crippen MR) is 34.3 cm³/mol. The molecule has 6 nitrogen and oxygen atoms in total. The Hall–Kier alpha value is -0.668. The van der Waals surface area contributed by atoms with Crippen LogP contribution in [0.3, 0.4) is 0 Å². The first-order chi connectivity index (χ1) is 4.54. The van der Waals surface area contributed by atoms with E-state index in [1.165, 1.54) is 0 Å². The summed E-state index contributed by atoms with van der Waals surface area (Å²) in [5, 5.41) is 22.3. The molecule has 0 aromatic heterocycles. The van der Waals surface area contributed by atoms with E-state index in [2.05, 4.69) is 0 Å². The molecular formula is C4H6O6Tl. The van der Waals surface area contributed by atoms with Crippen molar-refractivity contribution in [3.05, 3.63) is 0 Å². The van der Waals surface area contributed by atoms with Crippen LogP contribution in [0.15, 0.2) is 0 Å². The second-order valence-electron chi connectivity index (χ2n) is 1.07. The molecule has 0 saturated carbocycles. The molecule has 0 bridgehead atoms. The quantitative estimate of drug-likeness (QED) is 0.329. The fourth-order valence-electron chi connectivity index (χ4n) is 0.129. The smallest absolute Gasteiger partial charge is 0.314 e. The molecule has 0 heterocycles. The molecule has 1 radical (unpaired) electrons. The number of carboxylic acids is 2. The first kappa shape index (κ1) is 16.7. The van der Waals surface area contributed by atoms with Crippen LogP contribution in [0, 0.1) is 0 Å². The van der Waals surface area contributed by atoms with E-state index < -0.39 is 18.4 Å². The van der Waals surface area contributed by atoms with E-state index in [1.807, 2.05) is 0 Å². The fraction of sp³-hybridized carbons (Fsp3) is 0.250. The van der Waals surface area contributed by atoms with Crippen LogP contribution in [0.25, 0.3) is 0 Å². The average molecular weight is 354 g/mol. The molecule has 0 amide bonds. The third-order valence-corrected chi connectivity index (χ3v) is 0.302. The number of rotatable bonds is 2. The van der Waals surface area contributed by atoms with Crippen LogP contribution in [-0.2, 0) is 14.4 Å². The van der Waals surface area contributed by atoms with Crippen molar-refractivity contribution < 1.29 is 29.7 Å². The first-order valence-corrected chi connectivity index (χ1v) is 2.06. The van der Waals surface area contributed by atoms with Crippen LogP contribution in [0.5, 0.6) is 0 Å². The summed E-state index contributed by atoms with van der Waals surface area (Å²) in [4.78, 5) is 27.2. The summed E-state index contributed by atoms with van der Waals surface area (Å²) < 4.78 is 0. The summed E-state index contributed by atoms with van der Waals surface area (Å²) in [7, 11) is 0. The van der Waals surface area contributed by atoms with Gasteiger partial charge in [-0.2, -0.15) is 0 Å². The minimum Gasteiger partial charge on any atom is -0.483 e. The van der Waals surface area contributed by atoms with E-state index in [0.29, 0.717) is 0 Å². The SMILES string of the molecule is O=C(O)CC(=O)O.O=CO.[Tl]. The monoisotopic (exact) mass is 355 g/mol. The van der Waals surface area contributed by atoms with Crippen LogP contribution >= 0.6 is 0 Å². The Morgan fingerprint density at radius 3 is 1.36 bits per heavy atom. The second kappa shape index (κ2) is 12.1. The maximum atomic E-state index is 9.43. The summed E-state index contributed by atoms with van der Waals surface area (Å²) in [6.07, 6.45) is -0.806. The van der Waals surface area contributed by atoms with Crippen LogP contribution < -0.4 is 0 Å². The first-order valence-electron chi connectivity index (χ1n) is 2.06. The van der Waals surface area contributed by atoms with Crippen molar-refractivity contribution >= 4 is 45.7 Å². The minimum atomic E-state index is -1.31. The van der Waals surface area contributed by atoms with Gasteiger partial charge in [0.25, 0.3) is 6.47 Å². The molecule has 0 aliphatic carbocycles. The molecule has 0 unspecified atom stereocenters. The Morgan fingerprint density at radius 2 is 1.36 bits per heavy atom.